The number of anilines is 2. The largest absolute Gasteiger partial charge is 0.478 e. The molecule has 0 bridgehead atoms. The first-order valence-corrected chi connectivity index (χ1v) is 13.0. The Hall–Kier alpha value is -3.74. The minimum absolute atomic E-state index is 0.112. The van der Waals surface area contributed by atoms with Gasteiger partial charge in [0.05, 0.1) is 23.4 Å². The summed E-state index contributed by atoms with van der Waals surface area (Å²) in [7, 11) is 0. The average molecular weight is 523 g/mol. The summed E-state index contributed by atoms with van der Waals surface area (Å²) in [5.74, 6) is -3.27. The third-order valence-corrected chi connectivity index (χ3v) is 6.70. The molecule has 1 saturated carbocycles. The lowest BCUT2D eigenvalue weighted by atomic mass is 9.92. The fourth-order valence-electron chi connectivity index (χ4n) is 4.95. The van der Waals surface area contributed by atoms with Crippen LogP contribution in [0, 0.1) is 17.6 Å². The number of carboxylic acids is 1. The lowest BCUT2D eigenvalue weighted by Gasteiger charge is -2.38. The van der Waals surface area contributed by atoms with E-state index in [4.69, 9.17) is 2.74 Å². The van der Waals surface area contributed by atoms with Crippen molar-refractivity contribution < 1.29 is 26.2 Å². The zero-order valence-electron chi connectivity index (χ0n) is 23.6. The molecule has 0 unspecified atom stereocenters. The predicted molar refractivity (Wildman–Crippen MR) is 147 cm³/mol. The first-order valence-electron chi connectivity index (χ1n) is 14.0. The summed E-state index contributed by atoms with van der Waals surface area (Å²) in [6.45, 7) is 1.82. The van der Waals surface area contributed by atoms with Gasteiger partial charge in [-0.25, -0.2) is 13.6 Å². The molecule has 4 rings (SSSR count). The van der Waals surface area contributed by atoms with E-state index in [-0.39, 0.29) is 34.8 Å². The van der Waals surface area contributed by atoms with Crippen LogP contribution < -0.4 is 10.2 Å². The normalized spacial score (nSPS) is 15.1. The van der Waals surface area contributed by atoms with Crippen molar-refractivity contribution in [3.63, 3.8) is 0 Å². The van der Waals surface area contributed by atoms with Crippen LogP contribution in [0.1, 0.15) is 64.6 Å². The highest BCUT2D eigenvalue weighted by molar-refractivity contribution is 5.99. The van der Waals surface area contributed by atoms with E-state index >= 15 is 0 Å². The van der Waals surface area contributed by atoms with E-state index in [0.29, 0.717) is 11.3 Å². The Morgan fingerprint density at radius 2 is 1.79 bits per heavy atom. The Kier molecular flexibility index (Phi) is 7.90. The van der Waals surface area contributed by atoms with E-state index in [1.54, 1.807) is 43.0 Å². The maximum atomic E-state index is 14.3. The average Bonchev–Trinajstić information content (AvgIpc) is 2.91. The van der Waals surface area contributed by atoms with Crippen LogP contribution in [-0.4, -0.2) is 29.5 Å². The molecule has 0 radical (unpaired) electrons. The number of halogens is 2. The molecule has 1 amide bonds. The number of nitrogens with zero attached hydrogens (tertiary/aromatic N) is 1. The molecule has 1 aliphatic carbocycles. The van der Waals surface area contributed by atoms with Crippen molar-refractivity contribution >= 4 is 23.3 Å². The molecule has 1 fully saturated rings. The second kappa shape index (κ2) is 12.2. The molecule has 38 heavy (non-hydrogen) atoms. The van der Waals surface area contributed by atoms with Gasteiger partial charge in [-0.1, -0.05) is 57.4 Å². The number of amides is 1. The van der Waals surface area contributed by atoms with Gasteiger partial charge in [-0.05, 0) is 71.8 Å². The highest BCUT2D eigenvalue weighted by atomic mass is 19.1. The van der Waals surface area contributed by atoms with Crippen molar-refractivity contribution in [3.8, 4) is 11.1 Å². The number of hydrogen-bond donors (Lipinski definition) is 2. The Morgan fingerprint density at radius 1 is 1.05 bits per heavy atom. The van der Waals surface area contributed by atoms with E-state index in [1.807, 2.05) is 0 Å². The summed E-state index contributed by atoms with van der Waals surface area (Å²) < 4.78 is 46.6. The lowest BCUT2D eigenvalue weighted by molar-refractivity contribution is -0.115. The molecule has 7 heteroatoms. The maximum Gasteiger partial charge on any atom is 0.336 e. The number of carbonyl (C=O) groups is 2. The van der Waals surface area contributed by atoms with Crippen LogP contribution >= 0.6 is 0 Å². The molecule has 3 aromatic rings. The number of hydrogen-bond acceptors (Lipinski definition) is 3. The topological polar surface area (TPSA) is 69.6 Å². The predicted octanol–water partition coefficient (Wildman–Crippen LogP) is 7.31. The fraction of sp³-hybridized carbons (Fsp3) is 0.355. The minimum atomic E-state index is -1.78. The van der Waals surface area contributed by atoms with Crippen molar-refractivity contribution in [3.05, 3.63) is 83.4 Å². The number of benzene rings is 3. The van der Waals surface area contributed by atoms with Crippen LogP contribution in [-0.2, 0) is 11.2 Å². The van der Waals surface area contributed by atoms with Gasteiger partial charge in [0, 0.05) is 15.3 Å². The Morgan fingerprint density at radius 3 is 2.47 bits per heavy atom. The number of rotatable bonds is 9. The third-order valence-electron chi connectivity index (χ3n) is 6.70. The standard InChI is InChI=1S/C31H34F2N2O3/c1-20(2)19-35(24-9-4-3-5-10-24)29-15-12-21(26-18-23(32)13-14-25(26)31(37)38)16-28(29)34-30(36)17-22-8-6-7-11-27(22)33/h6-8,11-16,18,20,24H,3-5,9-10,17,19H2,1-2H3,(H,34,36)(H,37,38)/i19D2. The number of nitrogens with one attached hydrogen (secondary N) is 1. The number of carboxylic acid groups (broad SMARTS) is 1. The maximum absolute atomic E-state index is 14.3. The quantitative estimate of drug-likeness (QED) is 0.309. The molecule has 0 atom stereocenters. The molecule has 0 heterocycles. The molecule has 5 nitrogen and oxygen atoms in total. The van der Waals surface area contributed by atoms with Crippen LogP contribution in [0.25, 0.3) is 11.1 Å². The van der Waals surface area contributed by atoms with Gasteiger partial charge in [0.15, 0.2) is 0 Å². The molecular formula is C31H34F2N2O3. The van der Waals surface area contributed by atoms with Crippen LogP contribution in [0.2, 0.25) is 0 Å². The molecule has 2 N–H and O–H groups in total. The molecule has 0 spiro atoms. The van der Waals surface area contributed by atoms with E-state index in [9.17, 15) is 23.5 Å². The van der Waals surface area contributed by atoms with E-state index in [0.717, 1.165) is 44.2 Å². The zero-order chi connectivity index (χ0) is 29.0. The van der Waals surface area contributed by atoms with Crippen molar-refractivity contribution in [2.75, 3.05) is 16.7 Å². The third kappa shape index (κ3) is 6.57. The van der Waals surface area contributed by atoms with Gasteiger partial charge in [-0.3, -0.25) is 4.79 Å². The molecule has 3 aromatic carbocycles. The fourth-order valence-corrected chi connectivity index (χ4v) is 4.95. The van der Waals surface area contributed by atoms with Crippen molar-refractivity contribution in [1.82, 2.24) is 0 Å². The Labute approximate surface area is 225 Å². The molecule has 0 aromatic heterocycles. The van der Waals surface area contributed by atoms with E-state index in [1.165, 1.54) is 24.3 Å². The number of carbonyl (C=O) groups excluding carboxylic acids is 1. The highest BCUT2D eigenvalue weighted by Crippen LogP contribution is 2.37. The van der Waals surface area contributed by atoms with Gasteiger partial charge >= 0.3 is 5.97 Å². The first kappa shape index (κ1) is 24.6. The van der Waals surface area contributed by atoms with E-state index < -0.39 is 35.9 Å². The summed E-state index contributed by atoms with van der Waals surface area (Å²) in [5.41, 5.74) is 1.24. The molecule has 0 saturated heterocycles. The molecule has 0 aliphatic heterocycles. The van der Waals surface area contributed by atoms with Gasteiger partial charge in [0.25, 0.3) is 0 Å². The zero-order valence-corrected chi connectivity index (χ0v) is 21.6. The SMILES string of the molecule is [2H]C([2H])(C(C)C)N(c1ccc(-c2cc(F)ccc2C(=O)O)cc1NC(=O)Cc1ccccc1F)C1CCCCC1. The van der Waals surface area contributed by atoms with Crippen LogP contribution in [0.3, 0.4) is 0 Å². The van der Waals surface area contributed by atoms with Crippen LogP contribution in [0.5, 0.6) is 0 Å². The summed E-state index contributed by atoms with van der Waals surface area (Å²) in [6, 6.07) is 14.0. The minimum Gasteiger partial charge on any atom is -0.478 e. The lowest BCUT2D eigenvalue weighted by Crippen LogP contribution is -2.40. The molecule has 1 aliphatic rings. The van der Waals surface area contributed by atoms with Gasteiger partial charge in [0.1, 0.15) is 11.6 Å². The van der Waals surface area contributed by atoms with Crippen molar-refractivity contribution in [2.24, 2.45) is 5.92 Å². The van der Waals surface area contributed by atoms with Gasteiger partial charge < -0.3 is 15.3 Å². The van der Waals surface area contributed by atoms with Crippen molar-refractivity contribution in [1.29, 1.82) is 0 Å². The van der Waals surface area contributed by atoms with Crippen LogP contribution in [0.4, 0.5) is 20.2 Å². The van der Waals surface area contributed by atoms with Crippen LogP contribution in [0.15, 0.2) is 60.7 Å². The van der Waals surface area contributed by atoms with Crippen molar-refractivity contribution in [2.45, 2.75) is 58.4 Å². The summed E-state index contributed by atoms with van der Waals surface area (Å²) in [4.78, 5) is 26.8. The molecular weight excluding hydrogens is 486 g/mol. The highest BCUT2D eigenvalue weighted by Gasteiger charge is 2.25. The van der Waals surface area contributed by atoms with Gasteiger partial charge in [0.2, 0.25) is 5.91 Å². The monoisotopic (exact) mass is 522 g/mol. The summed E-state index contributed by atoms with van der Waals surface area (Å²) in [6.07, 6.45) is 4.28. The summed E-state index contributed by atoms with van der Waals surface area (Å²) in [5, 5.41) is 12.6. The van der Waals surface area contributed by atoms with E-state index in [2.05, 4.69) is 5.32 Å². The van der Waals surface area contributed by atoms with Gasteiger partial charge in [-0.2, -0.15) is 0 Å². The smallest absolute Gasteiger partial charge is 0.336 e. The second-order valence-corrected chi connectivity index (χ2v) is 9.99. The number of aromatic carboxylic acids is 1. The Bertz CT molecular complexity index is 1390. The molecule has 200 valence electrons. The van der Waals surface area contributed by atoms with Gasteiger partial charge in [-0.15, -0.1) is 0 Å². The summed E-state index contributed by atoms with van der Waals surface area (Å²) >= 11 is 0. The second-order valence-electron chi connectivity index (χ2n) is 9.99. The first-order chi connectivity index (χ1) is 19.0. The Balaban J connectivity index is 1.85.